The zero-order valence-electron chi connectivity index (χ0n) is 12.1. The van der Waals surface area contributed by atoms with Gasteiger partial charge in [-0.3, -0.25) is 0 Å². The Hall–Kier alpha value is -1.70. The quantitative estimate of drug-likeness (QED) is 0.459. The lowest BCUT2D eigenvalue weighted by atomic mass is 9.90. The third kappa shape index (κ3) is 3.19. The van der Waals surface area contributed by atoms with Crippen LogP contribution in [-0.2, 0) is 4.79 Å². The molecule has 0 aromatic carbocycles. The van der Waals surface area contributed by atoms with Crippen LogP contribution >= 0.6 is 0 Å². The van der Waals surface area contributed by atoms with Gasteiger partial charge in [-0.25, -0.2) is 4.79 Å². The zero-order valence-corrected chi connectivity index (χ0v) is 12.1. The molecule has 0 unspecified atom stereocenters. The summed E-state index contributed by atoms with van der Waals surface area (Å²) in [5.74, 6) is -41.3. The second-order valence-electron chi connectivity index (χ2n) is 4.70. The van der Waals surface area contributed by atoms with E-state index in [2.05, 4.69) is 0 Å². The Labute approximate surface area is 135 Å². The number of allylic oxidation sites excluding steroid dienone is 1. The molecular weight excluding hydrogens is 411 g/mol. The van der Waals surface area contributed by atoms with E-state index in [1.165, 1.54) is 0 Å². The predicted molar refractivity (Wildman–Crippen MR) is 56.8 cm³/mol. The summed E-state index contributed by atoms with van der Waals surface area (Å²) in [7, 11) is 0. The standard InChI is InChI=1S/C11H7F13O2/c1-2-3-4(5(25)26)6(12,13)7(14,15)8(16,17)9(18,19)10(20,21)11(22,23)24/h3H,2H2,1H3,(H,25,26). The largest absolute Gasteiger partial charge is 0.478 e. The van der Waals surface area contributed by atoms with Gasteiger partial charge in [0.05, 0.1) is 0 Å². The molecule has 0 saturated heterocycles. The van der Waals surface area contributed by atoms with Gasteiger partial charge in [0, 0.05) is 0 Å². The lowest BCUT2D eigenvalue weighted by Crippen LogP contribution is -2.70. The molecule has 0 rings (SSSR count). The third-order valence-electron chi connectivity index (χ3n) is 2.91. The highest BCUT2D eigenvalue weighted by molar-refractivity contribution is 5.88. The van der Waals surface area contributed by atoms with Crippen LogP contribution in [0.1, 0.15) is 13.3 Å². The molecule has 0 aromatic heterocycles. The van der Waals surface area contributed by atoms with E-state index in [-0.39, 0.29) is 6.08 Å². The van der Waals surface area contributed by atoms with Gasteiger partial charge in [0.1, 0.15) is 5.57 Å². The molecule has 0 radical (unpaired) electrons. The van der Waals surface area contributed by atoms with Crippen LogP contribution in [0.2, 0.25) is 0 Å². The molecule has 0 aliphatic rings. The Morgan fingerprint density at radius 2 is 1.08 bits per heavy atom. The zero-order chi connectivity index (χ0) is 21.6. The van der Waals surface area contributed by atoms with Crippen molar-refractivity contribution in [2.24, 2.45) is 0 Å². The van der Waals surface area contributed by atoms with Crippen molar-refractivity contribution < 1.29 is 67.0 Å². The summed E-state index contributed by atoms with van der Waals surface area (Å²) >= 11 is 0. The van der Waals surface area contributed by atoms with Gasteiger partial charge >= 0.3 is 41.8 Å². The highest BCUT2D eigenvalue weighted by Crippen LogP contribution is 2.61. The van der Waals surface area contributed by atoms with E-state index in [1.54, 1.807) is 0 Å². The van der Waals surface area contributed by atoms with Crippen molar-refractivity contribution in [3.05, 3.63) is 11.6 Å². The molecule has 2 nitrogen and oxygen atoms in total. The first-order valence-electron chi connectivity index (χ1n) is 6.04. The average Bonchev–Trinajstić information content (AvgIpc) is 2.41. The molecule has 154 valence electrons. The first kappa shape index (κ1) is 24.3. The molecule has 0 heterocycles. The minimum absolute atomic E-state index is 0.327. The minimum atomic E-state index is -8.05. The fourth-order valence-electron chi connectivity index (χ4n) is 1.49. The van der Waals surface area contributed by atoms with Gasteiger partial charge in [-0.15, -0.1) is 0 Å². The summed E-state index contributed by atoms with van der Waals surface area (Å²) in [4.78, 5) is 10.5. The summed E-state index contributed by atoms with van der Waals surface area (Å²) in [6, 6.07) is 0. The number of hydrogen-bond acceptors (Lipinski definition) is 1. The Morgan fingerprint density at radius 3 is 1.35 bits per heavy atom. The van der Waals surface area contributed by atoms with Crippen LogP contribution in [0, 0.1) is 0 Å². The van der Waals surface area contributed by atoms with Crippen LogP contribution in [0.3, 0.4) is 0 Å². The minimum Gasteiger partial charge on any atom is -0.478 e. The van der Waals surface area contributed by atoms with Crippen LogP contribution in [0.5, 0.6) is 0 Å². The number of carboxylic acids is 1. The van der Waals surface area contributed by atoms with Crippen molar-refractivity contribution >= 4 is 5.97 Å². The van der Waals surface area contributed by atoms with Gasteiger partial charge < -0.3 is 5.11 Å². The van der Waals surface area contributed by atoms with E-state index in [9.17, 15) is 61.9 Å². The molecule has 26 heavy (non-hydrogen) atoms. The van der Waals surface area contributed by atoms with Crippen LogP contribution in [-0.4, -0.2) is 46.9 Å². The van der Waals surface area contributed by atoms with Gasteiger partial charge in [0.25, 0.3) is 0 Å². The maximum atomic E-state index is 13.5. The smallest absolute Gasteiger partial charge is 0.460 e. The fourth-order valence-corrected chi connectivity index (χ4v) is 1.49. The molecule has 0 spiro atoms. The summed E-state index contributed by atoms with van der Waals surface area (Å²) in [5, 5.41) is 8.32. The first-order valence-corrected chi connectivity index (χ1v) is 6.04. The highest BCUT2D eigenvalue weighted by atomic mass is 19.4. The molecule has 0 bridgehead atoms. The lowest BCUT2D eigenvalue weighted by Gasteiger charge is -2.39. The van der Waals surface area contributed by atoms with Crippen molar-refractivity contribution in [3.63, 3.8) is 0 Å². The predicted octanol–water partition coefficient (Wildman–Crippen LogP) is 5.15. The average molecular weight is 418 g/mol. The molecule has 1 N–H and O–H groups in total. The summed E-state index contributed by atoms with van der Waals surface area (Å²) < 4.78 is 167. The normalized spacial score (nSPS) is 16.0. The third-order valence-corrected chi connectivity index (χ3v) is 2.91. The number of hydrogen-bond donors (Lipinski definition) is 1. The van der Waals surface area contributed by atoms with E-state index in [0.717, 1.165) is 6.92 Å². The van der Waals surface area contributed by atoms with Gasteiger partial charge in [-0.2, -0.15) is 57.1 Å². The molecule has 0 amide bonds. The molecule has 0 aliphatic heterocycles. The number of carboxylic acid groups (broad SMARTS) is 1. The van der Waals surface area contributed by atoms with Crippen molar-refractivity contribution in [1.82, 2.24) is 0 Å². The Bertz CT molecular complexity index is 573. The fraction of sp³-hybridized carbons (Fsp3) is 0.727. The Balaban J connectivity index is 6.59. The van der Waals surface area contributed by atoms with Crippen LogP contribution in [0.15, 0.2) is 11.6 Å². The van der Waals surface area contributed by atoms with Crippen molar-refractivity contribution in [2.45, 2.75) is 49.1 Å². The summed E-state index contributed by atoms with van der Waals surface area (Å²) in [6.45, 7) is 0.821. The number of rotatable bonds is 7. The maximum Gasteiger partial charge on any atom is 0.460 e. The van der Waals surface area contributed by atoms with Gasteiger partial charge in [0.2, 0.25) is 0 Å². The second-order valence-corrected chi connectivity index (χ2v) is 4.70. The molecular formula is C11H7F13O2. The molecule has 0 fully saturated rings. The van der Waals surface area contributed by atoms with Crippen molar-refractivity contribution in [2.75, 3.05) is 0 Å². The molecule has 0 aliphatic carbocycles. The molecule has 0 aromatic rings. The molecule has 15 heteroatoms. The summed E-state index contributed by atoms with van der Waals surface area (Å²) in [5.41, 5.74) is -2.89. The van der Waals surface area contributed by atoms with E-state index < -0.39 is 53.8 Å². The highest BCUT2D eigenvalue weighted by Gasteiger charge is 2.91. The Kier molecular flexibility index (Phi) is 6.05. The van der Waals surface area contributed by atoms with E-state index >= 15 is 0 Å². The van der Waals surface area contributed by atoms with Gasteiger partial charge in [0.15, 0.2) is 0 Å². The Morgan fingerprint density at radius 1 is 0.731 bits per heavy atom. The number of carbonyl (C=O) groups is 1. The molecule has 0 atom stereocenters. The number of alkyl halides is 13. The van der Waals surface area contributed by atoms with E-state index in [4.69, 9.17) is 5.11 Å². The van der Waals surface area contributed by atoms with Crippen LogP contribution < -0.4 is 0 Å². The monoisotopic (exact) mass is 418 g/mol. The second kappa shape index (κ2) is 6.48. The lowest BCUT2D eigenvalue weighted by molar-refractivity contribution is -0.436. The van der Waals surface area contributed by atoms with Crippen molar-refractivity contribution in [1.29, 1.82) is 0 Å². The number of halogens is 13. The van der Waals surface area contributed by atoms with E-state index in [0.29, 0.717) is 0 Å². The van der Waals surface area contributed by atoms with Crippen molar-refractivity contribution in [3.8, 4) is 0 Å². The van der Waals surface area contributed by atoms with Crippen LogP contribution in [0.25, 0.3) is 0 Å². The van der Waals surface area contributed by atoms with Gasteiger partial charge in [-0.05, 0) is 6.42 Å². The van der Waals surface area contributed by atoms with E-state index in [1.807, 2.05) is 0 Å². The molecule has 0 saturated carbocycles. The first-order chi connectivity index (χ1) is 11.1. The summed E-state index contributed by atoms with van der Waals surface area (Å²) in [6.07, 6.45) is -8.68. The number of aliphatic carboxylic acids is 1. The van der Waals surface area contributed by atoms with Gasteiger partial charge in [-0.1, -0.05) is 13.0 Å². The topological polar surface area (TPSA) is 37.3 Å². The maximum absolute atomic E-state index is 13.5. The SMILES string of the molecule is CCC=C(C(=O)O)C(F)(F)C(F)(F)C(F)(F)C(F)(F)C(F)(F)C(F)(F)F. The van der Waals surface area contributed by atoms with Crippen LogP contribution in [0.4, 0.5) is 57.1 Å².